The highest BCUT2D eigenvalue weighted by molar-refractivity contribution is 7.18. The molecule has 0 saturated carbocycles. The number of piperidine rings is 1. The minimum absolute atomic E-state index is 0.275. The summed E-state index contributed by atoms with van der Waals surface area (Å²) in [4.78, 5) is 13.2. The molecule has 102 valence electrons. The molecule has 0 amide bonds. The molecule has 19 heavy (non-hydrogen) atoms. The molecule has 1 aliphatic heterocycles. The van der Waals surface area contributed by atoms with Crippen LogP contribution in [0.1, 0.15) is 17.7 Å². The Bertz CT molecular complexity index is 601. The second-order valence-electron chi connectivity index (χ2n) is 4.84. The van der Waals surface area contributed by atoms with Crippen LogP contribution in [0.3, 0.4) is 0 Å². The number of rotatable bonds is 2. The highest BCUT2D eigenvalue weighted by Crippen LogP contribution is 2.33. The van der Waals surface area contributed by atoms with Crippen molar-refractivity contribution < 1.29 is 4.74 Å². The minimum atomic E-state index is 0.275. The van der Waals surface area contributed by atoms with Gasteiger partial charge in [-0.1, -0.05) is 0 Å². The maximum Gasteiger partial charge on any atom is 0.225 e. The van der Waals surface area contributed by atoms with Crippen LogP contribution in [0.25, 0.3) is 10.2 Å². The summed E-state index contributed by atoms with van der Waals surface area (Å²) in [7, 11) is 1.77. The van der Waals surface area contributed by atoms with Gasteiger partial charge in [0.15, 0.2) is 0 Å². The van der Waals surface area contributed by atoms with Gasteiger partial charge < -0.3 is 9.64 Å². The van der Waals surface area contributed by atoms with Crippen molar-refractivity contribution in [1.82, 2.24) is 9.97 Å². The van der Waals surface area contributed by atoms with Crippen molar-refractivity contribution in [1.29, 1.82) is 0 Å². The molecule has 0 aromatic carbocycles. The van der Waals surface area contributed by atoms with Gasteiger partial charge in [0.25, 0.3) is 0 Å². The maximum atomic E-state index is 6.05. The molecule has 1 unspecified atom stereocenters. The molecular weight excluding hydrogens is 282 g/mol. The van der Waals surface area contributed by atoms with Crippen molar-refractivity contribution in [3.8, 4) is 0 Å². The Kier molecular flexibility index (Phi) is 3.60. The third-order valence-corrected chi connectivity index (χ3v) is 4.59. The summed E-state index contributed by atoms with van der Waals surface area (Å²) in [6.45, 7) is 3.95. The molecule has 0 radical (unpaired) electrons. The molecule has 2 aromatic rings. The van der Waals surface area contributed by atoms with Gasteiger partial charge in [0.2, 0.25) is 5.28 Å². The van der Waals surface area contributed by atoms with Gasteiger partial charge in [-0.05, 0) is 37.4 Å². The lowest BCUT2D eigenvalue weighted by Gasteiger charge is -2.33. The first-order valence-electron chi connectivity index (χ1n) is 6.39. The molecule has 1 atom stereocenters. The van der Waals surface area contributed by atoms with Crippen LogP contribution in [0, 0.1) is 6.92 Å². The van der Waals surface area contributed by atoms with Crippen molar-refractivity contribution in [2.45, 2.75) is 25.9 Å². The molecule has 0 bridgehead atoms. The molecule has 3 rings (SSSR count). The van der Waals surface area contributed by atoms with E-state index in [1.807, 2.05) is 0 Å². The number of fused-ring (bicyclic) bond motifs is 1. The third-order valence-electron chi connectivity index (χ3n) is 3.48. The molecule has 1 aliphatic rings. The third kappa shape index (κ3) is 2.55. The second-order valence-corrected chi connectivity index (χ2v) is 6.41. The van der Waals surface area contributed by atoms with Gasteiger partial charge in [0.05, 0.1) is 11.5 Å². The van der Waals surface area contributed by atoms with Crippen molar-refractivity contribution in [2.75, 3.05) is 25.1 Å². The van der Waals surface area contributed by atoms with E-state index < -0.39 is 0 Å². The summed E-state index contributed by atoms with van der Waals surface area (Å²) in [5.41, 5.74) is 0. The van der Waals surface area contributed by atoms with E-state index in [2.05, 4.69) is 27.9 Å². The number of halogens is 1. The van der Waals surface area contributed by atoms with Crippen LogP contribution < -0.4 is 4.90 Å². The van der Waals surface area contributed by atoms with Crippen molar-refractivity contribution in [3.05, 3.63) is 16.2 Å². The van der Waals surface area contributed by atoms with Crippen LogP contribution in [-0.4, -0.2) is 36.3 Å². The van der Waals surface area contributed by atoms with Gasteiger partial charge in [-0.2, -0.15) is 4.98 Å². The zero-order valence-corrected chi connectivity index (χ0v) is 12.6. The Morgan fingerprint density at radius 3 is 3.11 bits per heavy atom. The molecule has 0 spiro atoms. The van der Waals surface area contributed by atoms with Crippen LogP contribution >= 0.6 is 22.9 Å². The Hall–Kier alpha value is -0.910. The zero-order chi connectivity index (χ0) is 13.4. The van der Waals surface area contributed by atoms with Crippen LogP contribution in [0.15, 0.2) is 6.07 Å². The summed E-state index contributed by atoms with van der Waals surface area (Å²) >= 11 is 7.71. The lowest BCUT2D eigenvalue weighted by Crippen LogP contribution is -2.39. The fraction of sp³-hybridized carbons (Fsp3) is 0.538. The Labute approximate surface area is 121 Å². The van der Waals surface area contributed by atoms with E-state index in [0.29, 0.717) is 5.28 Å². The lowest BCUT2D eigenvalue weighted by molar-refractivity contribution is 0.0892. The standard InChI is InChI=1S/C13H16ClN3OS/c1-8-6-10-11(15-13(14)16-12(10)19-8)17-5-3-4-9(7-17)18-2/h6,9H,3-5,7H2,1-2H3. The maximum absolute atomic E-state index is 6.05. The van der Waals surface area contributed by atoms with E-state index in [4.69, 9.17) is 16.3 Å². The van der Waals surface area contributed by atoms with E-state index in [1.165, 1.54) is 4.88 Å². The first kappa shape index (κ1) is 13.1. The van der Waals surface area contributed by atoms with Gasteiger partial charge in [0.1, 0.15) is 10.6 Å². The van der Waals surface area contributed by atoms with Gasteiger partial charge in [0, 0.05) is 25.1 Å². The summed E-state index contributed by atoms with van der Waals surface area (Å²) in [5.74, 6) is 0.945. The topological polar surface area (TPSA) is 38.2 Å². The van der Waals surface area contributed by atoms with Crippen molar-refractivity contribution in [2.24, 2.45) is 0 Å². The molecular formula is C13H16ClN3OS. The number of aryl methyl sites for hydroxylation is 1. The summed E-state index contributed by atoms with van der Waals surface area (Å²) in [6.07, 6.45) is 2.50. The molecule has 1 fully saturated rings. The normalized spacial score (nSPS) is 20.2. The molecule has 6 heteroatoms. The van der Waals surface area contributed by atoms with E-state index in [0.717, 1.165) is 42.0 Å². The predicted octanol–water partition coefficient (Wildman–Crippen LogP) is 3.27. The number of nitrogens with zero attached hydrogens (tertiary/aromatic N) is 3. The SMILES string of the molecule is COC1CCCN(c2nc(Cl)nc3sc(C)cc23)C1. The molecule has 2 aromatic heterocycles. The van der Waals surface area contributed by atoms with E-state index in [1.54, 1.807) is 18.4 Å². The first-order chi connectivity index (χ1) is 9.17. The molecule has 4 nitrogen and oxygen atoms in total. The lowest BCUT2D eigenvalue weighted by atomic mass is 10.1. The number of ether oxygens (including phenoxy) is 1. The largest absolute Gasteiger partial charge is 0.380 e. The fourth-order valence-corrected chi connectivity index (χ4v) is 3.65. The Morgan fingerprint density at radius 1 is 1.47 bits per heavy atom. The average Bonchev–Trinajstić information content (AvgIpc) is 2.78. The van der Waals surface area contributed by atoms with E-state index in [-0.39, 0.29) is 6.10 Å². The quantitative estimate of drug-likeness (QED) is 0.798. The number of hydrogen-bond donors (Lipinski definition) is 0. The summed E-state index contributed by atoms with van der Waals surface area (Å²) in [6, 6.07) is 2.14. The Morgan fingerprint density at radius 2 is 2.32 bits per heavy atom. The van der Waals surface area contributed by atoms with Crippen molar-refractivity contribution in [3.63, 3.8) is 0 Å². The van der Waals surface area contributed by atoms with Gasteiger partial charge in [-0.3, -0.25) is 0 Å². The highest BCUT2D eigenvalue weighted by atomic mass is 35.5. The second kappa shape index (κ2) is 5.23. The van der Waals surface area contributed by atoms with Crippen LogP contribution in [0.5, 0.6) is 0 Å². The number of methoxy groups -OCH3 is 1. The van der Waals surface area contributed by atoms with Crippen LogP contribution in [0.4, 0.5) is 5.82 Å². The smallest absolute Gasteiger partial charge is 0.225 e. The van der Waals surface area contributed by atoms with Crippen LogP contribution in [-0.2, 0) is 4.74 Å². The highest BCUT2D eigenvalue weighted by Gasteiger charge is 2.23. The molecule has 3 heterocycles. The van der Waals surface area contributed by atoms with Gasteiger partial charge >= 0.3 is 0 Å². The zero-order valence-electron chi connectivity index (χ0n) is 11.0. The summed E-state index contributed by atoms with van der Waals surface area (Å²) < 4.78 is 5.47. The van der Waals surface area contributed by atoms with Gasteiger partial charge in [-0.25, -0.2) is 4.98 Å². The van der Waals surface area contributed by atoms with Crippen molar-refractivity contribution >= 4 is 39.0 Å². The first-order valence-corrected chi connectivity index (χ1v) is 7.58. The number of hydrogen-bond acceptors (Lipinski definition) is 5. The predicted molar refractivity (Wildman–Crippen MR) is 79.4 cm³/mol. The minimum Gasteiger partial charge on any atom is -0.380 e. The Balaban J connectivity index is 2.03. The fourth-order valence-electron chi connectivity index (χ4n) is 2.57. The number of aromatic nitrogens is 2. The average molecular weight is 298 g/mol. The molecule has 0 aliphatic carbocycles. The number of anilines is 1. The van der Waals surface area contributed by atoms with Gasteiger partial charge in [-0.15, -0.1) is 11.3 Å². The van der Waals surface area contributed by atoms with Crippen LogP contribution in [0.2, 0.25) is 5.28 Å². The monoisotopic (exact) mass is 297 g/mol. The molecule has 1 saturated heterocycles. The molecule has 0 N–H and O–H groups in total. The number of thiophene rings is 1. The van der Waals surface area contributed by atoms with E-state index in [9.17, 15) is 0 Å². The van der Waals surface area contributed by atoms with E-state index >= 15 is 0 Å². The summed E-state index contributed by atoms with van der Waals surface area (Å²) in [5, 5.41) is 1.42.